The average molecular weight is 545 g/mol. The SMILES string of the molecule is CCCCCCCCCCCOc1cccc(CCC(=O)OCCCOP(=O)(O)OC(C)CC(=O)O)c1. The Labute approximate surface area is 221 Å². The summed E-state index contributed by atoms with van der Waals surface area (Å²) < 4.78 is 32.3. The maximum atomic E-state index is 12.0. The maximum Gasteiger partial charge on any atom is 0.472 e. The van der Waals surface area contributed by atoms with Crippen LogP contribution in [0.25, 0.3) is 0 Å². The van der Waals surface area contributed by atoms with Gasteiger partial charge in [-0.15, -0.1) is 0 Å². The molecule has 0 amide bonds. The molecule has 0 radical (unpaired) electrons. The molecule has 37 heavy (non-hydrogen) atoms. The van der Waals surface area contributed by atoms with Gasteiger partial charge in [0.05, 0.1) is 32.3 Å². The molecule has 0 aliphatic carbocycles. The number of ether oxygens (including phenoxy) is 2. The third-order valence-corrected chi connectivity index (χ3v) is 6.75. The molecule has 0 aromatic heterocycles. The van der Waals surface area contributed by atoms with Crippen LogP contribution < -0.4 is 4.74 Å². The summed E-state index contributed by atoms with van der Waals surface area (Å²) in [5.74, 6) is -0.719. The summed E-state index contributed by atoms with van der Waals surface area (Å²) in [6, 6.07) is 7.72. The fraction of sp³-hybridized carbons (Fsp3) is 0.704. The van der Waals surface area contributed by atoms with E-state index in [2.05, 4.69) is 6.92 Å². The number of hydrogen-bond donors (Lipinski definition) is 2. The topological polar surface area (TPSA) is 129 Å². The second kappa shape index (κ2) is 20.1. The van der Waals surface area contributed by atoms with Gasteiger partial charge in [-0.1, -0.05) is 70.4 Å². The zero-order chi connectivity index (χ0) is 27.4. The molecule has 9 nitrogen and oxygen atoms in total. The summed E-state index contributed by atoms with van der Waals surface area (Å²) in [7, 11) is -4.36. The van der Waals surface area contributed by atoms with E-state index in [4.69, 9.17) is 23.6 Å². The molecule has 0 fully saturated rings. The molecule has 0 heterocycles. The lowest BCUT2D eigenvalue weighted by molar-refractivity contribution is -0.143. The number of unbranched alkanes of at least 4 members (excludes halogenated alkanes) is 8. The number of aryl methyl sites for hydroxylation is 1. The van der Waals surface area contributed by atoms with Gasteiger partial charge < -0.3 is 19.5 Å². The van der Waals surface area contributed by atoms with Gasteiger partial charge in [-0.25, -0.2) is 4.57 Å². The molecule has 0 saturated carbocycles. The highest BCUT2D eigenvalue weighted by atomic mass is 31.2. The van der Waals surface area contributed by atoms with E-state index < -0.39 is 26.3 Å². The van der Waals surface area contributed by atoms with E-state index in [9.17, 15) is 19.0 Å². The molecule has 0 bridgehead atoms. The van der Waals surface area contributed by atoms with Crippen LogP contribution in [0.4, 0.5) is 0 Å². The number of rotatable bonds is 23. The van der Waals surface area contributed by atoms with Crippen LogP contribution >= 0.6 is 7.82 Å². The number of aliphatic carboxylic acids is 1. The normalized spacial score (nSPS) is 13.6. The van der Waals surface area contributed by atoms with Crippen molar-refractivity contribution in [2.24, 2.45) is 0 Å². The van der Waals surface area contributed by atoms with Crippen molar-refractivity contribution in [3.8, 4) is 5.75 Å². The minimum Gasteiger partial charge on any atom is -0.494 e. The summed E-state index contributed by atoms with van der Waals surface area (Å²) in [5, 5.41) is 8.65. The fourth-order valence-corrected chi connectivity index (χ4v) is 4.63. The van der Waals surface area contributed by atoms with E-state index in [0.29, 0.717) is 13.0 Å². The van der Waals surface area contributed by atoms with Crippen molar-refractivity contribution in [2.45, 2.75) is 103 Å². The van der Waals surface area contributed by atoms with Crippen molar-refractivity contribution in [3.05, 3.63) is 29.8 Å². The molecule has 2 N–H and O–H groups in total. The highest BCUT2D eigenvalue weighted by molar-refractivity contribution is 7.47. The van der Waals surface area contributed by atoms with Crippen LogP contribution in [-0.4, -0.2) is 47.9 Å². The first kappa shape index (κ1) is 33.1. The number of benzene rings is 1. The Kier molecular flexibility index (Phi) is 18.0. The van der Waals surface area contributed by atoms with Crippen molar-refractivity contribution in [1.82, 2.24) is 0 Å². The van der Waals surface area contributed by atoms with Gasteiger partial charge >= 0.3 is 19.8 Å². The number of phosphoric ester groups is 1. The van der Waals surface area contributed by atoms with Crippen LogP contribution in [0.3, 0.4) is 0 Å². The monoisotopic (exact) mass is 544 g/mol. The molecule has 0 saturated heterocycles. The van der Waals surface area contributed by atoms with Crippen LogP contribution in [0.15, 0.2) is 24.3 Å². The number of carboxylic acids is 1. The Hall–Kier alpha value is -1.93. The van der Waals surface area contributed by atoms with Gasteiger partial charge in [-0.2, -0.15) is 0 Å². The Morgan fingerprint density at radius 3 is 2.30 bits per heavy atom. The Morgan fingerprint density at radius 2 is 1.62 bits per heavy atom. The van der Waals surface area contributed by atoms with E-state index in [1.807, 2.05) is 24.3 Å². The van der Waals surface area contributed by atoms with Crippen molar-refractivity contribution in [2.75, 3.05) is 19.8 Å². The summed E-state index contributed by atoms with van der Waals surface area (Å²) in [6.45, 7) is 4.15. The molecule has 1 rings (SSSR count). The number of hydrogen-bond acceptors (Lipinski definition) is 7. The van der Waals surface area contributed by atoms with E-state index in [1.54, 1.807) is 0 Å². The van der Waals surface area contributed by atoms with E-state index in [-0.39, 0.29) is 32.0 Å². The summed E-state index contributed by atoms with van der Waals surface area (Å²) in [4.78, 5) is 32.2. The van der Waals surface area contributed by atoms with Crippen LogP contribution in [0.5, 0.6) is 5.75 Å². The number of carbonyl (C=O) groups is 2. The molecule has 1 aromatic rings. The van der Waals surface area contributed by atoms with Gasteiger partial charge in [-0.3, -0.25) is 18.6 Å². The maximum absolute atomic E-state index is 12.0. The predicted molar refractivity (Wildman–Crippen MR) is 142 cm³/mol. The number of esters is 1. The van der Waals surface area contributed by atoms with Gasteiger partial charge in [0.15, 0.2) is 0 Å². The molecule has 2 unspecified atom stereocenters. The molecule has 1 aromatic carbocycles. The van der Waals surface area contributed by atoms with Crippen molar-refractivity contribution in [1.29, 1.82) is 0 Å². The molecule has 0 aliphatic heterocycles. The van der Waals surface area contributed by atoms with Crippen LogP contribution in [-0.2, 0) is 34.4 Å². The second-order valence-electron chi connectivity index (χ2n) is 9.21. The van der Waals surface area contributed by atoms with Gasteiger partial charge in [0, 0.05) is 12.8 Å². The average Bonchev–Trinajstić information content (AvgIpc) is 2.83. The first-order valence-electron chi connectivity index (χ1n) is 13.5. The molecule has 0 aliphatic rings. The van der Waals surface area contributed by atoms with Crippen molar-refractivity contribution in [3.63, 3.8) is 0 Å². The van der Waals surface area contributed by atoms with Crippen LogP contribution in [0.1, 0.15) is 96.5 Å². The van der Waals surface area contributed by atoms with Gasteiger partial charge in [-0.05, 0) is 37.5 Å². The molecule has 0 spiro atoms. The number of carbonyl (C=O) groups excluding carboxylic acids is 1. The zero-order valence-corrected chi connectivity index (χ0v) is 23.3. The highest BCUT2D eigenvalue weighted by Gasteiger charge is 2.25. The lowest BCUT2D eigenvalue weighted by atomic mass is 10.1. The lowest BCUT2D eigenvalue weighted by Crippen LogP contribution is -2.14. The Bertz CT molecular complexity index is 815. The van der Waals surface area contributed by atoms with Crippen molar-refractivity contribution < 1.29 is 42.7 Å². The molecular weight excluding hydrogens is 499 g/mol. The zero-order valence-electron chi connectivity index (χ0n) is 22.4. The molecular formula is C27H45O9P. The first-order valence-corrected chi connectivity index (χ1v) is 15.0. The third kappa shape index (κ3) is 18.9. The van der Waals surface area contributed by atoms with Crippen molar-refractivity contribution >= 4 is 19.8 Å². The van der Waals surface area contributed by atoms with Crippen LogP contribution in [0.2, 0.25) is 0 Å². The second-order valence-corrected chi connectivity index (χ2v) is 10.6. The Balaban J connectivity index is 2.13. The minimum atomic E-state index is -4.36. The first-order chi connectivity index (χ1) is 17.7. The largest absolute Gasteiger partial charge is 0.494 e. The summed E-state index contributed by atoms with van der Waals surface area (Å²) in [6.07, 6.45) is 11.0. The minimum absolute atomic E-state index is 0.0331. The van der Waals surface area contributed by atoms with E-state index in [1.165, 1.54) is 58.3 Å². The van der Waals surface area contributed by atoms with Crippen LogP contribution in [0, 0.1) is 0 Å². The summed E-state index contributed by atoms with van der Waals surface area (Å²) >= 11 is 0. The fourth-order valence-electron chi connectivity index (χ4n) is 3.68. The molecule has 2 atom stereocenters. The van der Waals surface area contributed by atoms with Gasteiger partial charge in [0.2, 0.25) is 0 Å². The molecule has 10 heteroatoms. The third-order valence-electron chi connectivity index (χ3n) is 5.61. The van der Waals surface area contributed by atoms with E-state index in [0.717, 1.165) is 17.7 Å². The summed E-state index contributed by atoms with van der Waals surface area (Å²) in [5.41, 5.74) is 0.985. The van der Waals surface area contributed by atoms with E-state index >= 15 is 0 Å². The van der Waals surface area contributed by atoms with Gasteiger partial charge in [0.25, 0.3) is 0 Å². The standard InChI is InChI=1S/C27H45O9P/c1-3-4-5-6-7-8-9-10-11-18-33-25-15-12-14-24(22-25)16-17-27(30)34-19-13-20-35-37(31,32)36-23(2)21-26(28)29/h12,14-15,22-23H,3-11,13,16-21H2,1-2H3,(H,28,29)(H,31,32). The number of carboxylic acid groups (broad SMARTS) is 1. The smallest absolute Gasteiger partial charge is 0.472 e. The predicted octanol–water partition coefficient (Wildman–Crippen LogP) is 6.46. The lowest BCUT2D eigenvalue weighted by Gasteiger charge is -2.16. The molecule has 212 valence electrons. The Morgan fingerprint density at radius 1 is 0.946 bits per heavy atom. The highest BCUT2D eigenvalue weighted by Crippen LogP contribution is 2.45. The number of phosphoric acid groups is 1. The quantitative estimate of drug-likeness (QED) is 0.0906. The van der Waals surface area contributed by atoms with Gasteiger partial charge in [0.1, 0.15) is 5.75 Å².